The molecule has 0 fully saturated rings. The topological polar surface area (TPSA) is 69.6 Å². The molecule has 0 aliphatic heterocycles. The van der Waals surface area contributed by atoms with Crippen LogP contribution in [0.15, 0.2) is 30.3 Å². The number of hydrogen-bond donors (Lipinski definition) is 3. The quantitative estimate of drug-likeness (QED) is 0.496. The summed E-state index contributed by atoms with van der Waals surface area (Å²) in [5.74, 6) is -0.486. The van der Waals surface area contributed by atoms with Crippen molar-refractivity contribution >= 4 is 5.91 Å². The minimum Gasteiger partial charge on any atom is -0.388 e. The Bertz CT molecular complexity index is 287. The molecule has 0 radical (unpaired) electrons. The fraction of sp³-hybridized carbons (Fsp3) is 0.300. The molecule has 1 unspecified atom stereocenters. The van der Waals surface area contributed by atoms with Gasteiger partial charge in [-0.1, -0.05) is 30.3 Å². The summed E-state index contributed by atoms with van der Waals surface area (Å²) in [5, 5.41) is 17.8. The Labute approximate surface area is 82.1 Å². The molecule has 0 aliphatic carbocycles. The summed E-state index contributed by atoms with van der Waals surface area (Å²) in [4.78, 5) is 10.7. The molecular weight excluding hydrogens is 182 g/mol. The highest BCUT2D eigenvalue weighted by Gasteiger charge is 2.08. The van der Waals surface area contributed by atoms with Crippen molar-refractivity contribution in [1.29, 1.82) is 0 Å². The molecule has 1 atom stereocenters. The predicted octanol–water partition coefficient (Wildman–Crippen LogP) is 1.01. The zero-order valence-electron chi connectivity index (χ0n) is 7.68. The minimum atomic E-state index is -0.659. The maximum Gasteiger partial charge on any atom is 0.243 e. The van der Waals surface area contributed by atoms with E-state index in [2.05, 4.69) is 0 Å². The van der Waals surface area contributed by atoms with Crippen LogP contribution in [-0.2, 0) is 4.79 Å². The van der Waals surface area contributed by atoms with Gasteiger partial charge in [0, 0.05) is 6.42 Å². The fourth-order valence-electron chi connectivity index (χ4n) is 1.17. The first-order chi connectivity index (χ1) is 6.74. The number of rotatable bonds is 4. The standard InChI is InChI=1S/C10H13NO3/c12-9(6-7-10(13)11-14)8-4-2-1-3-5-8/h1-5,9,12,14H,6-7H2,(H,11,13). The van der Waals surface area contributed by atoms with Gasteiger partial charge in [-0.3, -0.25) is 10.0 Å². The number of benzene rings is 1. The molecule has 0 heterocycles. The molecule has 1 aromatic carbocycles. The molecule has 0 spiro atoms. The average Bonchev–Trinajstić information content (AvgIpc) is 2.26. The van der Waals surface area contributed by atoms with Crippen LogP contribution in [0.2, 0.25) is 0 Å². The molecule has 0 aromatic heterocycles. The van der Waals surface area contributed by atoms with Gasteiger partial charge in [0.05, 0.1) is 6.10 Å². The van der Waals surface area contributed by atoms with Crippen LogP contribution in [0.5, 0.6) is 0 Å². The van der Waals surface area contributed by atoms with Gasteiger partial charge in [-0.15, -0.1) is 0 Å². The Hall–Kier alpha value is -1.39. The van der Waals surface area contributed by atoms with E-state index in [1.165, 1.54) is 5.48 Å². The Morgan fingerprint density at radius 3 is 2.57 bits per heavy atom. The van der Waals surface area contributed by atoms with Gasteiger partial charge in [-0.05, 0) is 12.0 Å². The van der Waals surface area contributed by atoms with E-state index >= 15 is 0 Å². The van der Waals surface area contributed by atoms with E-state index in [9.17, 15) is 9.90 Å². The molecule has 4 heteroatoms. The number of aliphatic hydroxyl groups excluding tert-OH is 1. The van der Waals surface area contributed by atoms with Crippen molar-refractivity contribution in [2.24, 2.45) is 0 Å². The van der Waals surface area contributed by atoms with E-state index in [1.807, 2.05) is 18.2 Å². The highest BCUT2D eigenvalue weighted by atomic mass is 16.5. The Morgan fingerprint density at radius 2 is 2.00 bits per heavy atom. The van der Waals surface area contributed by atoms with Crippen molar-refractivity contribution in [3.8, 4) is 0 Å². The zero-order chi connectivity index (χ0) is 10.4. The van der Waals surface area contributed by atoms with Crippen LogP contribution in [0.1, 0.15) is 24.5 Å². The lowest BCUT2D eigenvalue weighted by Gasteiger charge is -2.09. The molecule has 1 rings (SSSR count). The van der Waals surface area contributed by atoms with Gasteiger partial charge in [-0.2, -0.15) is 0 Å². The van der Waals surface area contributed by atoms with Crippen molar-refractivity contribution in [3.05, 3.63) is 35.9 Å². The summed E-state index contributed by atoms with van der Waals surface area (Å²) >= 11 is 0. The lowest BCUT2D eigenvalue weighted by atomic mass is 10.1. The number of aliphatic hydroxyl groups is 1. The van der Waals surface area contributed by atoms with Crippen molar-refractivity contribution < 1.29 is 15.1 Å². The minimum absolute atomic E-state index is 0.104. The fourth-order valence-corrected chi connectivity index (χ4v) is 1.17. The van der Waals surface area contributed by atoms with E-state index in [1.54, 1.807) is 12.1 Å². The van der Waals surface area contributed by atoms with Crippen LogP contribution in [0.4, 0.5) is 0 Å². The lowest BCUT2D eigenvalue weighted by Crippen LogP contribution is -2.18. The maximum absolute atomic E-state index is 10.7. The van der Waals surface area contributed by atoms with Gasteiger partial charge in [0.1, 0.15) is 0 Å². The number of hydrogen-bond acceptors (Lipinski definition) is 3. The van der Waals surface area contributed by atoms with E-state index in [-0.39, 0.29) is 6.42 Å². The summed E-state index contributed by atoms with van der Waals surface area (Å²) in [7, 11) is 0. The third-order valence-corrected chi connectivity index (χ3v) is 1.95. The summed E-state index contributed by atoms with van der Waals surface area (Å²) in [5.41, 5.74) is 2.30. The summed E-state index contributed by atoms with van der Waals surface area (Å²) < 4.78 is 0. The van der Waals surface area contributed by atoms with Gasteiger partial charge in [-0.25, -0.2) is 5.48 Å². The Kier molecular flexibility index (Phi) is 4.10. The first-order valence-corrected chi connectivity index (χ1v) is 4.40. The van der Waals surface area contributed by atoms with Crippen LogP contribution < -0.4 is 5.48 Å². The summed E-state index contributed by atoms with van der Waals surface area (Å²) in [6.07, 6.45) is -0.253. The summed E-state index contributed by atoms with van der Waals surface area (Å²) in [6, 6.07) is 9.09. The van der Waals surface area contributed by atoms with Crippen LogP contribution in [0.3, 0.4) is 0 Å². The third kappa shape index (κ3) is 3.16. The molecule has 1 amide bonds. The van der Waals surface area contributed by atoms with Crippen molar-refractivity contribution in [2.45, 2.75) is 18.9 Å². The largest absolute Gasteiger partial charge is 0.388 e. The normalized spacial score (nSPS) is 12.1. The number of hydroxylamine groups is 1. The van der Waals surface area contributed by atoms with Gasteiger partial charge in [0.2, 0.25) is 5.91 Å². The second kappa shape index (κ2) is 5.36. The molecule has 0 saturated heterocycles. The lowest BCUT2D eigenvalue weighted by molar-refractivity contribution is -0.129. The second-order valence-corrected chi connectivity index (χ2v) is 3.00. The number of nitrogens with one attached hydrogen (secondary N) is 1. The Morgan fingerprint density at radius 1 is 1.36 bits per heavy atom. The Balaban J connectivity index is 2.43. The number of carbonyl (C=O) groups excluding carboxylic acids is 1. The van der Waals surface area contributed by atoms with E-state index in [4.69, 9.17) is 5.21 Å². The summed E-state index contributed by atoms with van der Waals surface area (Å²) in [6.45, 7) is 0. The molecule has 0 bridgehead atoms. The predicted molar refractivity (Wildman–Crippen MR) is 50.6 cm³/mol. The zero-order valence-corrected chi connectivity index (χ0v) is 7.68. The van der Waals surface area contributed by atoms with E-state index in [0.29, 0.717) is 6.42 Å². The third-order valence-electron chi connectivity index (χ3n) is 1.95. The molecule has 0 saturated carbocycles. The first kappa shape index (κ1) is 10.7. The van der Waals surface area contributed by atoms with Gasteiger partial charge in [0.15, 0.2) is 0 Å². The highest BCUT2D eigenvalue weighted by molar-refractivity contribution is 5.74. The average molecular weight is 195 g/mol. The SMILES string of the molecule is O=C(CCC(O)c1ccccc1)NO. The van der Waals surface area contributed by atoms with Crippen LogP contribution in [0.25, 0.3) is 0 Å². The molecule has 1 aromatic rings. The maximum atomic E-state index is 10.7. The molecule has 3 N–H and O–H groups in total. The van der Waals surface area contributed by atoms with Crippen LogP contribution in [-0.4, -0.2) is 16.2 Å². The molecule has 76 valence electrons. The molecule has 0 aliphatic rings. The van der Waals surface area contributed by atoms with E-state index < -0.39 is 12.0 Å². The first-order valence-electron chi connectivity index (χ1n) is 4.40. The van der Waals surface area contributed by atoms with Crippen molar-refractivity contribution in [3.63, 3.8) is 0 Å². The van der Waals surface area contributed by atoms with Gasteiger partial charge < -0.3 is 5.11 Å². The van der Waals surface area contributed by atoms with E-state index in [0.717, 1.165) is 5.56 Å². The van der Waals surface area contributed by atoms with Crippen molar-refractivity contribution in [1.82, 2.24) is 5.48 Å². The molecule has 14 heavy (non-hydrogen) atoms. The van der Waals surface area contributed by atoms with Gasteiger partial charge >= 0.3 is 0 Å². The van der Waals surface area contributed by atoms with Crippen molar-refractivity contribution in [2.75, 3.05) is 0 Å². The number of carbonyl (C=O) groups is 1. The monoisotopic (exact) mass is 195 g/mol. The highest BCUT2D eigenvalue weighted by Crippen LogP contribution is 2.17. The van der Waals surface area contributed by atoms with Gasteiger partial charge in [0.25, 0.3) is 0 Å². The second-order valence-electron chi connectivity index (χ2n) is 3.00. The van der Waals surface area contributed by atoms with Crippen LogP contribution >= 0.6 is 0 Å². The molecular formula is C10H13NO3. The van der Waals surface area contributed by atoms with Crippen LogP contribution in [0, 0.1) is 0 Å². The molecule has 4 nitrogen and oxygen atoms in total. The smallest absolute Gasteiger partial charge is 0.243 e. The number of amides is 1.